The van der Waals surface area contributed by atoms with Crippen molar-refractivity contribution < 1.29 is 14.7 Å². The number of oxime groups is 1. The van der Waals surface area contributed by atoms with Crippen LogP contribution in [0.2, 0.25) is 0 Å². The van der Waals surface area contributed by atoms with Crippen molar-refractivity contribution in [3.05, 3.63) is 0 Å². The van der Waals surface area contributed by atoms with Crippen molar-refractivity contribution in [3.8, 4) is 0 Å². The lowest BCUT2D eigenvalue weighted by Gasteiger charge is -2.24. The Morgan fingerprint density at radius 2 is 2.27 bits per heavy atom. The normalized spacial score (nSPS) is 22.3. The van der Waals surface area contributed by atoms with Crippen LogP contribution in [0.4, 0.5) is 4.79 Å². The minimum Gasteiger partial charge on any atom is -0.444 e. The number of nitrogens with zero attached hydrogens (tertiary/aromatic N) is 2. The molecule has 1 saturated heterocycles. The summed E-state index contributed by atoms with van der Waals surface area (Å²) < 4.78 is 5.23. The second kappa shape index (κ2) is 4.51. The van der Waals surface area contributed by atoms with Gasteiger partial charge in [0.2, 0.25) is 0 Å². The molecule has 0 spiro atoms. The predicted octanol–water partition coefficient (Wildman–Crippen LogP) is 1.70. The molecule has 1 rings (SSSR count). The summed E-state index contributed by atoms with van der Waals surface area (Å²) >= 11 is 0. The Morgan fingerprint density at radius 1 is 1.60 bits per heavy atom. The van der Waals surface area contributed by atoms with E-state index in [4.69, 9.17) is 9.94 Å². The largest absolute Gasteiger partial charge is 0.444 e. The predicted molar refractivity (Wildman–Crippen MR) is 56.2 cm³/mol. The number of carbonyl (C=O) groups excluding carboxylic acids is 1. The lowest BCUT2D eigenvalue weighted by molar-refractivity contribution is 0.0292. The molecule has 86 valence electrons. The standard InChI is InChI=1S/C10H18N2O3/c1-10(2,3)15-9(13)12-5-4-8(7-12)6-11-14/h6,8,14H,4-5,7H2,1-3H3/b11-6-/t8-/m0/s1. The quantitative estimate of drug-likeness (QED) is 0.410. The molecule has 0 unspecified atom stereocenters. The van der Waals surface area contributed by atoms with E-state index in [1.54, 1.807) is 4.90 Å². The second-order valence-corrected chi connectivity index (χ2v) is 4.74. The van der Waals surface area contributed by atoms with Crippen LogP contribution in [-0.2, 0) is 4.74 Å². The molecule has 0 saturated carbocycles. The van der Waals surface area contributed by atoms with E-state index >= 15 is 0 Å². The molecule has 0 radical (unpaired) electrons. The van der Waals surface area contributed by atoms with Gasteiger partial charge in [-0.2, -0.15) is 0 Å². The molecule has 0 bridgehead atoms. The molecular formula is C10H18N2O3. The molecule has 1 aliphatic heterocycles. The Kier molecular flexibility index (Phi) is 3.55. The fourth-order valence-electron chi connectivity index (χ4n) is 1.50. The third kappa shape index (κ3) is 3.77. The number of hydrogen-bond acceptors (Lipinski definition) is 4. The fourth-order valence-corrected chi connectivity index (χ4v) is 1.50. The molecular weight excluding hydrogens is 196 g/mol. The molecule has 1 aliphatic rings. The van der Waals surface area contributed by atoms with Crippen LogP contribution < -0.4 is 0 Å². The Hall–Kier alpha value is -1.26. The summed E-state index contributed by atoms with van der Waals surface area (Å²) in [6.45, 7) is 6.75. The van der Waals surface area contributed by atoms with Gasteiger partial charge in [-0.3, -0.25) is 0 Å². The molecule has 1 heterocycles. The zero-order chi connectivity index (χ0) is 11.5. The van der Waals surface area contributed by atoms with Gasteiger partial charge in [-0.15, -0.1) is 5.16 Å². The summed E-state index contributed by atoms with van der Waals surface area (Å²) in [4.78, 5) is 13.2. The van der Waals surface area contributed by atoms with Gasteiger partial charge in [0.25, 0.3) is 0 Å². The Bertz CT molecular complexity index is 258. The minimum absolute atomic E-state index is 0.141. The highest BCUT2D eigenvalue weighted by Gasteiger charge is 2.28. The van der Waals surface area contributed by atoms with Gasteiger partial charge in [-0.1, -0.05) is 0 Å². The Labute approximate surface area is 89.7 Å². The summed E-state index contributed by atoms with van der Waals surface area (Å²) in [5, 5.41) is 11.4. The fraction of sp³-hybridized carbons (Fsp3) is 0.800. The zero-order valence-corrected chi connectivity index (χ0v) is 9.43. The smallest absolute Gasteiger partial charge is 0.410 e. The molecule has 5 heteroatoms. The summed E-state index contributed by atoms with van der Waals surface area (Å²) in [6.07, 6.45) is 1.99. The SMILES string of the molecule is CC(C)(C)OC(=O)N1CC[C@@H](/C=N\O)C1. The molecule has 1 amide bonds. The van der Waals surface area contributed by atoms with E-state index in [-0.39, 0.29) is 12.0 Å². The minimum atomic E-state index is -0.458. The molecule has 5 nitrogen and oxygen atoms in total. The van der Waals surface area contributed by atoms with Crippen LogP contribution in [0.3, 0.4) is 0 Å². The molecule has 0 aromatic rings. The Morgan fingerprint density at radius 3 is 2.80 bits per heavy atom. The number of likely N-dealkylation sites (tertiary alicyclic amines) is 1. The molecule has 0 aromatic carbocycles. The van der Waals surface area contributed by atoms with Crippen molar-refractivity contribution >= 4 is 12.3 Å². The van der Waals surface area contributed by atoms with E-state index in [1.165, 1.54) is 6.21 Å². The molecule has 15 heavy (non-hydrogen) atoms. The number of rotatable bonds is 1. The van der Waals surface area contributed by atoms with Crippen molar-refractivity contribution in [2.75, 3.05) is 13.1 Å². The van der Waals surface area contributed by atoms with Crippen molar-refractivity contribution in [1.82, 2.24) is 4.90 Å². The maximum absolute atomic E-state index is 11.6. The van der Waals surface area contributed by atoms with Gasteiger partial charge in [0.05, 0.1) is 0 Å². The lowest BCUT2D eigenvalue weighted by Crippen LogP contribution is -2.35. The van der Waals surface area contributed by atoms with Gasteiger partial charge < -0.3 is 14.8 Å². The number of hydrogen-bond donors (Lipinski definition) is 1. The van der Waals surface area contributed by atoms with Crippen molar-refractivity contribution in [2.24, 2.45) is 11.1 Å². The maximum atomic E-state index is 11.6. The number of amides is 1. The van der Waals surface area contributed by atoms with E-state index in [9.17, 15) is 4.79 Å². The van der Waals surface area contributed by atoms with Gasteiger partial charge in [0.1, 0.15) is 5.60 Å². The summed E-state index contributed by atoms with van der Waals surface area (Å²) in [5.41, 5.74) is -0.458. The highest BCUT2D eigenvalue weighted by atomic mass is 16.6. The summed E-state index contributed by atoms with van der Waals surface area (Å²) in [6, 6.07) is 0. The molecule has 0 aromatic heterocycles. The van der Waals surface area contributed by atoms with Gasteiger partial charge in [0.15, 0.2) is 0 Å². The van der Waals surface area contributed by atoms with Gasteiger partial charge in [-0.05, 0) is 27.2 Å². The molecule has 1 fully saturated rings. The second-order valence-electron chi connectivity index (χ2n) is 4.74. The van der Waals surface area contributed by atoms with Crippen LogP contribution in [0.15, 0.2) is 5.16 Å². The van der Waals surface area contributed by atoms with E-state index in [0.29, 0.717) is 13.1 Å². The highest BCUT2D eigenvalue weighted by Crippen LogP contribution is 2.17. The molecule has 1 N–H and O–H groups in total. The number of ether oxygens (including phenoxy) is 1. The van der Waals surface area contributed by atoms with E-state index in [2.05, 4.69) is 5.16 Å². The average Bonchev–Trinajstić information content (AvgIpc) is 2.50. The third-order valence-electron chi connectivity index (χ3n) is 2.15. The maximum Gasteiger partial charge on any atom is 0.410 e. The lowest BCUT2D eigenvalue weighted by atomic mass is 10.1. The zero-order valence-electron chi connectivity index (χ0n) is 9.43. The van der Waals surface area contributed by atoms with Crippen molar-refractivity contribution in [3.63, 3.8) is 0 Å². The van der Waals surface area contributed by atoms with E-state index in [1.807, 2.05) is 20.8 Å². The monoisotopic (exact) mass is 214 g/mol. The van der Waals surface area contributed by atoms with Crippen molar-refractivity contribution in [2.45, 2.75) is 32.8 Å². The first-order valence-electron chi connectivity index (χ1n) is 5.08. The van der Waals surface area contributed by atoms with E-state index in [0.717, 1.165) is 6.42 Å². The van der Waals surface area contributed by atoms with Crippen LogP contribution in [0.5, 0.6) is 0 Å². The van der Waals surface area contributed by atoms with Crippen LogP contribution in [0.25, 0.3) is 0 Å². The average molecular weight is 214 g/mol. The van der Waals surface area contributed by atoms with Crippen LogP contribution in [-0.4, -0.2) is 41.1 Å². The van der Waals surface area contributed by atoms with Crippen molar-refractivity contribution in [1.29, 1.82) is 0 Å². The number of carbonyl (C=O) groups is 1. The first kappa shape index (κ1) is 11.8. The van der Waals surface area contributed by atoms with E-state index < -0.39 is 5.60 Å². The Balaban J connectivity index is 2.43. The summed E-state index contributed by atoms with van der Waals surface area (Å²) in [5.74, 6) is 0.141. The highest BCUT2D eigenvalue weighted by molar-refractivity contribution is 5.70. The first-order chi connectivity index (χ1) is 6.92. The van der Waals surface area contributed by atoms with Gasteiger partial charge >= 0.3 is 6.09 Å². The first-order valence-corrected chi connectivity index (χ1v) is 5.08. The van der Waals surface area contributed by atoms with Gasteiger partial charge in [-0.25, -0.2) is 4.79 Å². The topological polar surface area (TPSA) is 62.1 Å². The third-order valence-corrected chi connectivity index (χ3v) is 2.15. The molecule has 0 aliphatic carbocycles. The van der Waals surface area contributed by atoms with Crippen LogP contribution in [0.1, 0.15) is 27.2 Å². The van der Waals surface area contributed by atoms with Crippen LogP contribution in [0, 0.1) is 5.92 Å². The van der Waals surface area contributed by atoms with Gasteiger partial charge in [0, 0.05) is 25.2 Å². The summed E-state index contributed by atoms with van der Waals surface area (Å²) in [7, 11) is 0. The molecule has 1 atom stereocenters. The van der Waals surface area contributed by atoms with Crippen LogP contribution >= 0.6 is 0 Å².